The third-order valence-electron chi connectivity index (χ3n) is 5.85. The Morgan fingerprint density at radius 2 is 1.54 bits per heavy atom. The van der Waals surface area contributed by atoms with Crippen molar-refractivity contribution in [2.75, 3.05) is 50.2 Å². The van der Waals surface area contributed by atoms with E-state index in [0.29, 0.717) is 17.3 Å². The summed E-state index contributed by atoms with van der Waals surface area (Å²) in [5, 5.41) is 20.4. The summed E-state index contributed by atoms with van der Waals surface area (Å²) in [5.74, 6) is 3.62. The summed E-state index contributed by atoms with van der Waals surface area (Å²) >= 11 is 14.0. The molecule has 0 saturated carbocycles. The van der Waals surface area contributed by atoms with Crippen molar-refractivity contribution in [1.82, 2.24) is 4.90 Å². The van der Waals surface area contributed by atoms with E-state index in [1.165, 1.54) is 0 Å². The maximum Gasteiger partial charge on any atom is 0.138 e. The van der Waals surface area contributed by atoms with Gasteiger partial charge in [0.15, 0.2) is 0 Å². The van der Waals surface area contributed by atoms with Crippen LogP contribution < -0.4 is 9.47 Å². The SMILES string of the molecule is CC.CC(C)(c1ccc(OCC(O)CN2CCSCC2)cc1)c1ccc(OCC(O)CCl)c(Cl)c1. The summed E-state index contributed by atoms with van der Waals surface area (Å²) in [6.07, 6.45) is -1.23. The number of ether oxygens (including phenoxy) is 2. The van der Waals surface area contributed by atoms with Crippen LogP contribution in [0.3, 0.4) is 0 Å². The van der Waals surface area contributed by atoms with Crippen LogP contribution in [-0.4, -0.2) is 77.6 Å². The van der Waals surface area contributed by atoms with Gasteiger partial charge in [0.2, 0.25) is 0 Å². The van der Waals surface area contributed by atoms with Gasteiger partial charge in [-0.15, -0.1) is 11.6 Å². The molecule has 0 spiro atoms. The van der Waals surface area contributed by atoms with Crippen LogP contribution in [0.5, 0.6) is 11.5 Å². The zero-order valence-corrected chi connectivity index (χ0v) is 23.5. The number of hydrogen-bond donors (Lipinski definition) is 2. The van der Waals surface area contributed by atoms with Gasteiger partial charge in [-0.25, -0.2) is 0 Å². The van der Waals surface area contributed by atoms with Crippen molar-refractivity contribution in [1.29, 1.82) is 0 Å². The second kappa shape index (κ2) is 15.2. The van der Waals surface area contributed by atoms with Crippen LogP contribution in [0.25, 0.3) is 0 Å². The van der Waals surface area contributed by atoms with Crippen LogP contribution in [0.4, 0.5) is 0 Å². The zero-order chi connectivity index (χ0) is 25.8. The van der Waals surface area contributed by atoms with Crippen molar-refractivity contribution >= 4 is 35.0 Å². The second-order valence-electron chi connectivity index (χ2n) is 8.79. The Labute approximate surface area is 224 Å². The van der Waals surface area contributed by atoms with Crippen molar-refractivity contribution in [3.8, 4) is 11.5 Å². The van der Waals surface area contributed by atoms with E-state index in [9.17, 15) is 10.2 Å². The maximum atomic E-state index is 10.3. The predicted molar refractivity (Wildman–Crippen MR) is 149 cm³/mol. The summed E-state index contributed by atoms with van der Waals surface area (Å²) in [5.41, 5.74) is 1.87. The fraction of sp³-hybridized carbons (Fsp3) is 0.556. The smallest absolute Gasteiger partial charge is 0.138 e. The number of nitrogens with zero attached hydrogens (tertiary/aromatic N) is 1. The molecule has 1 saturated heterocycles. The lowest BCUT2D eigenvalue weighted by molar-refractivity contribution is 0.0715. The molecule has 2 N–H and O–H groups in total. The summed E-state index contributed by atoms with van der Waals surface area (Å²) in [7, 11) is 0. The van der Waals surface area contributed by atoms with E-state index in [0.717, 1.165) is 41.5 Å². The molecule has 5 nitrogen and oxygen atoms in total. The number of hydrogen-bond acceptors (Lipinski definition) is 6. The molecular formula is C27H39Cl2NO4S. The molecule has 0 amide bonds. The molecule has 2 aromatic carbocycles. The summed E-state index contributed by atoms with van der Waals surface area (Å²) < 4.78 is 11.4. The molecule has 2 atom stereocenters. The minimum absolute atomic E-state index is 0.0964. The average Bonchev–Trinajstić information content (AvgIpc) is 2.88. The number of aliphatic hydroxyl groups is 2. The third-order valence-corrected chi connectivity index (χ3v) is 7.45. The Bertz CT molecular complexity index is 876. The molecule has 35 heavy (non-hydrogen) atoms. The zero-order valence-electron chi connectivity index (χ0n) is 21.2. The molecule has 1 heterocycles. The van der Waals surface area contributed by atoms with Crippen molar-refractivity contribution in [3.63, 3.8) is 0 Å². The number of rotatable bonds is 11. The molecule has 0 aromatic heterocycles. The molecule has 1 aliphatic heterocycles. The van der Waals surface area contributed by atoms with Gasteiger partial charge in [-0.2, -0.15) is 11.8 Å². The highest BCUT2D eigenvalue weighted by atomic mass is 35.5. The van der Waals surface area contributed by atoms with Crippen molar-refractivity contribution in [3.05, 3.63) is 58.6 Å². The molecule has 8 heteroatoms. The Morgan fingerprint density at radius 1 is 0.943 bits per heavy atom. The van der Waals surface area contributed by atoms with Crippen LogP contribution in [0.15, 0.2) is 42.5 Å². The van der Waals surface area contributed by atoms with Gasteiger partial charge in [0, 0.05) is 36.6 Å². The standard InChI is InChI=1S/C25H33Cl2NO4S.C2H6/c1-25(2,19-5-8-24(23(27)13-19)32-16-20(29)14-26)18-3-6-22(7-4-18)31-17-21(30)15-28-9-11-33-12-10-28;1-2/h3-8,13,20-21,29-30H,9-12,14-17H2,1-2H3;1-2H3. The fourth-order valence-corrected chi connectivity index (χ4v) is 5.00. The van der Waals surface area contributed by atoms with Gasteiger partial charge in [0.1, 0.15) is 36.9 Å². The Hall–Kier alpha value is -1.15. The fourth-order valence-electron chi connectivity index (χ4n) is 3.70. The van der Waals surface area contributed by atoms with Crippen LogP contribution in [0, 0.1) is 0 Å². The first kappa shape index (κ1) is 30.1. The molecule has 1 fully saturated rings. The van der Waals surface area contributed by atoms with E-state index in [4.69, 9.17) is 32.7 Å². The van der Waals surface area contributed by atoms with Gasteiger partial charge in [-0.1, -0.05) is 57.5 Å². The number of aliphatic hydroxyl groups excluding tert-OH is 2. The lowest BCUT2D eigenvalue weighted by Crippen LogP contribution is -2.40. The van der Waals surface area contributed by atoms with Crippen LogP contribution in [0.2, 0.25) is 5.02 Å². The monoisotopic (exact) mass is 543 g/mol. The van der Waals surface area contributed by atoms with Crippen LogP contribution in [-0.2, 0) is 5.41 Å². The molecule has 0 radical (unpaired) electrons. The maximum absolute atomic E-state index is 10.3. The number of β-amino-alcohol motifs (C(OH)–C–C–N with tert-alkyl or cyclic N) is 1. The largest absolute Gasteiger partial charge is 0.491 e. The van der Waals surface area contributed by atoms with E-state index in [-0.39, 0.29) is 24.5 Å². The van der Waals surface area contributed by atoms with Gasteiger partial charge < -0.3 is 19.7 Å². The van der Waals surface area contributed by atoms with Crippen molar-refractivity contribution in [2.24, 2.45) is 0 Å². The summed E-state index contributed by atoms with van der Waals surface area (Å²) in [6.45, 7) is 11.3. The molecule has 3 rings (SSSR count). The summed E-state index contributed by atoms with van der Waals surface area (Å²) in [6, 6.07) is 13.7. The van der Waals surface area contributed by atoms with E-state index in [1.54, 1.807) is 0 Å². The molecule has 0 aliphatic carbocycles. The van der Waals surface area contributed by atoms with Gasteiger partial charge in [0.05, 0.1) is 10.9 Å². The van der Waals surface area contributed by atoms with E-state index in [1.807, 2.05) is 68.1 Å². The molecule has 196 valence electrons. The lowest BCUT2D eigenvalue weighted by atomic mass is 9.78. The number of benzene rings is 2. The molecular weight excluding hydrogens is 505 g/mol. The van der Waals surface area contributed by atoms with E-state index < -0.39 is 12.2 Å². The number of thioether (sulfide) groups is 1. The molecule has 2 aromatic rings. The van der Waals surface area contributed by atoms with Crippen molar-refractivity contribution < 1.29 is 19.7 Å². The Morgan fingerprint density at radius 3 is 2.14 bits per heavy atom. The predicted octanol–water partition coefficient (Wildman–Crippen LogP) is 5.46. The van der Waals surface area contributed by atoms with E-state index in [2.05, 4.69) is 18.7 Å². The molecule has 1 aliphatic rings. The first-order valence-electron chi connectivity index (χ1n) is 12.2. The first-order valence-corrected chi connectivity index (χ1v) is 14.2. The van der Waals surface area contributed by atoms with Gasteiger partial charge in [-0.3, -0.25) is 4.90 Å². The minimum Gasteiger partial charge on any atom is -0.491 e. The van der Waals surface area contributed by atoms with Crippen LogP contribution in [0.1, 0.15) is 38.8 Å². The Balaban J connectivity index is 0.00000210. The lowest BCUT2D eigenvalue weighted by Gasteiger charge is -2.28. The number of halogens is 2. The third kappa shape index (κ3) is 9.34. The van der Waals surface area contributed by atoms with Gasteiger partial charge in [0.25, 0.3) is 0 Å². The van der Waals surface area contributed by atoms with Crippen molar-refractivity contribution in [2.45, 2.75) is 45.3 Å². The van der Waals surface area contributed by atoms with Gasteiger partial charge >= 0.3 is 0 Å². The van der Waals surface area contributed by atoms with Crippen LogP contribution >= 0.6 is 35.0 Å². The summed E-state index contributed by atoms with van der Waals surface area (Å²) in [4.78, 5) is 2.29. The topological polar surface area (TPSA) is 62.2 Å². The molecule has 0 bridgehead atoms. The quantitative estimate of drug-likeness (QED) is 0.367. The molecule has 2 unspecified atom stereocenters. The Kier molecular flexibility index (Phi) is 13.0. The van der Waals surface area contributed by atoms with E-state index >= 15 is 0 Å². The minimum atomic E-state index is -0.732. The first-order chi connectivity index (χ1) is 16.8. The highest BCUT2D eigenvalue weighted by Crippen LogP contribution is 2.36. The van der Waals surface area contributed by atoms with Gasteiger partial charge in [-0.05, 0) is 35.4 Å². The average molecular weight is 545 g/mol. The highest BCUT2D eigenvalue weighted by molar-refractivity contribution is 7.99. The normalized spacial score (nSPS) is 16.1. The highest BCUT2D eigenvalue weighted by Gasteiger charge is 2.24. The second-order valence-corrected chi connectivity index (χ2v) is 10.7. The number of alkyl halides is 1.